The normalized spacial score (nSPS) is 17.4. The number of nitrogens with two attached hydrogens (primary N) is 1. The lowest BCUT2D eigenvalue weighted by Gasteiger charge is -2.34. The molecule has 2 aliphatic rings. The monoisotopic (exact) mass is 535 g/mol. The lowest BCUT2D eigenvalue weighted by Crippen LogP contribution is -2.43. The number of piperidine rings is 1. The molecule has 4 heterocycles. The molecule has 1 aliphatic carbocycles. The number of nitrogens with zero attached hydrogens (tertiary/aromatic N) is 6. The van der Waals surface area contributed by atoms with Crippen LogP contribution in [0.25, 0.3) is 16.6 Å². The van der Waals surface area contributed by atoms with Gasteiger partial charge in [0.25, 0.3) is 6.47 Å². The Kier molecular flexibility index (Phi) is 8.33. The van der Waals surface area contributed by atoms with Crippen molar-refractivity contribution in [2.75, 3.05) is 19.6 Å². The molecule has 0 amide bonds. The summed E-state index contributed by atoms with van der Waals surface area (Å²) in [4.78, 5) is 12.1. The summed E-state index contributed by atoms with van der Waals surface area (Å²) in [6, 6.07) is 4.62. The molecule has 0 aromatic carbocycles. The van der Waals surface area contributed by atoms with Gasteiger partial charge in [-0.2, -0.15) is 15.5 Å². The summed E-state index contributed by atoms with van der Waals surface area (Å²) < 4.78 is 14.5. The molecule has 0 atom stereocenters. The minimum absolute atomic E-state index is 0.00667. The molecule has 1 aliphatic heterocycles. The number of fused-ring (bicyclic) bond motifs is 1. The van der Waals surface area contributed by atoms with E-state index in [2.05, 4.69) is 32.4 Å². The van der Waals surface area contributed by atoms with Crippen molar-refractivity contribution in [2.24, 2.45) is 5.73 Å². The second kappa shape index (κ2) is 11.4. The quantitative estimate of drug-likeness (QED) is 0.445. The van der Waals surface area contributed by atoms with Gasteiger partial charge in [0.15, 0.2) is 0 Å². The molecule has 2 fully saturated rings. The van der Waals surface area contributed by atoms with E-state index in [0.717, 1.165) is 62.1 Å². The van der Waals surface area contributed by atoms with Gasteiger partial charge in [-0.3, -0.25) is 9.48 Å². The topological polar surface area (TPSA) is 124 Å². The lowest BCUT2D eigenvalue weighted by molar-refractivity contribution is -0.138. The number of hydrogen-bond acceptors (Lipinski definition) is 8. The lowest BCUT2D eigenvalue weighted by atomic mass is 10.0. The Morgan fingerprint density at radius 2 is 1.92 bits per heavy atom. The highest BCUT2D eigenvalue weighted by Crippen LogP contribution is 2.36. The fourth-order valence-electron chi connectivity index (χ4n) is 4.96. The van der Waals surface area contributed by atoms with Crippen molar-refractivity contribution < 1.29 is 14.3 Å². The standard InChI is InChI=1S/C24H31N7O.C5H10O2/c1-16(2)32-22-10-18(14-30-23(22)19(11-25)12-27-30)21-13-28-31(17(21)3)20-4-8-29(9-5-20)15-24(26)6-7-24;1-5(2,3)7-4-6/h10,12-14,16,20H,4-9,15,26H2,1-3H3;4H,1-3H3. The van der Waals surface area contributed by atoms with Crippen LogP contribution in [0.15, 0.2) is 24.7 Å². The smallest absolute Gasteiger partial charge is 0.293 e. The highest BCUT2D eigenvalue weighted by Gasteiger charge is 2.40. The molecule has 1 saturated carbocycles. The van der Waals surface area contributed by atoms with Crippen molar-refractivity contribution in [3.05, 3.63) is 35.9 Å². The molecule has 5 rings (SSSR count). The third-order valence-corrected chi connectivity index (χ3v) is 7.15. The van der Waals surface area contributed by atoms with Crippen LogP contribution in [-0.4, -0.2) is 67.6 Å². The zero-order valence-corrected chi connectivity index (χ0v) is 24.0. The molecule has 0 spiro atoms. The molecule has 10 heteroatoms. The maximum Gasteiger partial charge on any atom is 0.293 e. The van der Waals surface area contributed by atoms with Gasteiger partial charge >= 0.3 is 0 Å². The zero-order valence-electron chi connectivity index (χ0n) is 24.0. The first-order valence-electron chi connectivity index (χ1n) is 13.7. The molecule has 1 saturated heterocycles. The Balaban J connectivity index is 0.000000448. The van der Waals surface area contributed by atoms with Gasteiger partial charge in [-0.25, -0.2) is 4.52 Å². The van der Waals surface area contributed by atoms with Crippen molar-refractivity contribution in [3.8, 4) is 22.9 Å². The van der Waals surface area contributed by atoms with Gasteiger partial charge < -0.3 is 20.1 Å². The number of aromatic nitrogens is 4. The van der Waals surface area contributed by atoms with Gasteiger partial charge in [-0.15, -0.1) is 0 Å². The van der Waals surface area contributed by atoms with E-state index in [-0.39, 0.29) is 17.2 Å². The summed E-state index contributed by atoms with van der Waals surface area (Å²) in [5.41, 5.74) is 10.5. The van der Waals surface area contributed by atoms with Gasteiger partial charge in [0.05, 0.1) is 24.5 Å². The fourth-order valence-corrected chi connectivity index (χ4v) is 4.96. The SMILES string of the molecule is CC(C)(C)OC=O.Cc1c(-c2cc(OC(C)C)c3c(C#N)cnn3c2)cnn1C1CCN(CC2(N)CC2)CC1. The van der Waals surface area contributed by atoms with Crippen LogP contribution in [-0.2, 0) is 9.53 Å². The molecule has 2 N–H and O–H groups in total. The van der Waals surface area contributed by atoms with Crippen LogP contribution in [0.5, 0.6) is 5.75 Å². The highest BCUT2D eigenvalue weighted by molar-refractivity contribution is 5.76. The molecule has 39 heavy (non-hydrogen) atoms. The minimum Gasteiger partial charge on any atom is -0.489 e. The molecule has 0 bridgehead atoms. The van der Waals surface area contributed by atoms with E-state index < -0.39 is 0 Å². The average molecular weight is 536 g/mol. The number of nitriles is 1. The van der Waals surface area contributed by atoms with Crippen LogP contribution in [0.3, 0.4) is 0 Å². The highest BCUT2D eigenvalue weighted by atomic mass is 16.5. The molecule has 0 unspecified atom stereocenters. The summed E-state index contributed by atoms with van der Waals surface area (Å²) in [6.07, 6.45) is 9.97. The van der Waals surface area contributed by atoms with Crippen molar-refractivity contribution in [2.45, 2.75) is 90.5 Å². The summed E-state index contributed by atoms with van der Waals surface area (Å²) in [7, 11) is 0. The third-order valence-electron chi connectivity index (χ3n) is 7.15. The van der Waals surface area contributed by atoms with Crippen molar-refractivity contribution in [1.82, 2.24) is 24.3 Å². The van der Waals surface area contributed by atoms with Crippen molar-refractivity contribution in [1.29, 1.82) is 5.26 Å². The zero-order chi connectivity index (χ0) is 28.4. The first-order valence-corrected chi connectivity index (χ1v) is 13.7. The first kappa shape index (κ1) is 28.6. The van der Waals surface area contributed by atoms with Crippen LogP contribution in [0, 0.1) is 18.3 Å². The van der Waals surface area contributed by atoms with E-state index in [0.29, 0.717) is 29.3 Å². The Bertz CT molecular complexity index is 1330. The van der Waals surface area contributed by atoms with E-state index in [4.69, 9.17) is 15.6 Å². The fraction of sp³-hybridized carbons (Fsp3) is 0.586. The Labute approximate surface area is 230 Å². The molecular formula is C29H41N7O3. The number of likely N-dealkylation sites (tertiary alicyclic amines) is 1. The van der Waals surface area contributed by atoms with Gasteiger partial charge in [0.1, 0.15) is 28.5 Å². The predicted molar refractivity (Wildman–Crippen MR) is 149 cm³/mol. The Morgan fingerprint density at radius 3 is 2.46 bits per heavy atom. The van der Waals surface area contributed by atoms with Gasteiger partial charge in [0.2, 0.25) is 0 Å². The van der Waals surface area contributed by atoms with Crippen LogP contribution in [0.4, 0.5) is 0 Å². The second-order valence-corrected chi connectivity index (χ2v) is 12.0. The summed E-state index contributed by atoms with van der Waals surface area (Å²) >= 11 is 0. The molecule has 210 valence electrons. The van der Waals surface area contributed by atoms with E-state index in [1.807, 2.05) is 53.1 Å². The van der Waals surface area contributed by atoms with E-state index in [1.165, 1.54) is 0 Å². The number of hydrogen-bond donors (Lipinski definition) is 1. The summed E-state index contributed by atoms with van der Waals surface area (Å²) in [5.74, 6) is 0.669. The Morgan fingerprint density at radius 1 is 1.23 bits per heavy atom. The predicted octanol–water partition coefficient (Wildman–Crippen LogP) is 4.25. The van der Waals surface area contributed by atoms with Gasteiger partial charge in [0, 0.05) is 48.2 Å². The van der Waals surface area contributed by atoms with Crippen LogP contribution < -0.4 is 10.5 Å². The second-order valence-electron chi connectivity index (χ2n) is 12.0. The number of rotatable bonds is 7. The number of carbonyl (C=O) groups is 1. The maximum absolute atomic E-state index is 9.60. The maximum atomic E-state index is 9.60. The van der Waals surface area contributed by atoms with Crippen LogP contribution >= 0.6 is 0 Å². The molecule has 0 radical (unpaired) electrons. The third kappa shape index (κ3) is 6.97. The van der Waals surface area contributed by atoms with Gasteiger partial charge in [-0.1, -0.05) is 0 Å². The van der Waals surface area contributed by atoms with Crippen LogP contribution in [0.1, 0.15) is 77.6 Å². The van der Waals surface area contributed by atoms with Crippen LogP contribution in [0.2, 0.25) is 0 Å². The molecule has 3 aromatic rings. The minimum atomic E-state index is -0.318. The number of pyridine rings is 1. The van der Waals surface area contributed by atoms with E-state index in [9.17, 15) is 10.1 Å². The summed E-state index contributed by atoms with van der Waals surface area (Å²) in [6.45, 7) is 15.2. The van der Waals surface area contributed by atoms with E-state index in [1.54, 1.807) is 10.7 Å². The van der Waals surface area contributed by atoms with Crippen molar-refractivity contribution >= 4 is 12.0 Å². The van der Waals surface area contributed by atoms with Gasteiger partial charge in [-0.05, 0) is 73.3 Å². The molecule has 3 aromatic heterocycles. The number of ether oxygens (including phenoxy) is 2. The van der Waals surface area contributed by atoms with Crippen molar-refractivity contribution in [3.63, 3.8) is 0 Å². The average Bonchev–Trinajstić information content (AvgIpc) is 3.25. The summed E-state index contributed by atoms with van der Waals surface area (Å²) in [5, 5.41) is 18.6. The Hall–Kier alpha value is -3.42. The number of carbonyl (C=O) groups excluding carboxylic acids is 1. The van der Waals surface area contributed by atoms with E-state index >= 15 is 0 Å². The largest absolute Gasteiger partial charge is 0.489 e. The first-order chi connectivity index (χ1) is 18.4. The molecule has 10 nitrogen and oxygen atoms in total. The molecular weight excluding hydrogens is 494 g/mol.